The molecule has 3 rings (SSSR count). The third-order valence-electron chi connectivity index (χ3n) is 1.63. The molecule has 1 aromatic heterocycles. The van der Waals surface area contributed by atoms with Crippen molar-refractivity contribution in [1.29, 1.82) is 0 Å². The minimum absolute atomic E-state index is 0.838. The SMILES string of the molecule is c1cnnc2ccnc-2c1.c1cocn1. The molecule has 0 saturated heterocycles. The van der Waals surface area contributed by atoms with Crippen LogP contribution >= 0.6 is 0 Å². The molecule has 74 valence electrons. The molecule has 0 radical (unpaired) electrons. The van der Waals surface area contributed by atoms with E-state index in [1.165, 1.54) is 12.7 Å². The van der Waals surface area contributed by atoms with Gasteiger partial charge < -0.3 is 4.42 Å². The molecule has 5 nitrogen and oxygen atoms in total. The van der Waals surface area contributed by atoms with Gasteiger partial charge in [0.05, 0.1) is 11.9 Å². The Kier molecular flexibility index (Phi) is 2.97. The standard InChI is InChI=1S/C7H5N3.C3H3NO/c1-2-6-7(3-5-8-6)10-9-4-1;1-2-5-3-4-1/h1-5H;1-3H. The van der Waals surface area contributed by atoms with Crippen molar-refractivity contribution in [2.75, 3.05) is 0 Å². The molecular weight excluding hydrogens is 192 g/mol. The maximum absolute atomic E-state index is 4.47. The van der Waals surface area contributed by atoms with Gasteiger partial charge in [0, 0.05) is 12.4 Å². The van der Waals surface area contributed by atoms with E-state index in [9.17, 15) is 0 Å². The van der Waals surface area contributed by atoms with Crippen LogP contribution in [0.3, 0.4) is 0 Å². The van der Waals surface area contributed by atoms with Crippen LogP contribution in [0, 0.1) is 0 Å². The van der Waals surface area contributed by atoms with Crippen LogP contribution in [0.1, 0.15) is 0 Å². The zero-order valence-corrected chi connectivity index (χ0v) is 7.82. The van der Waals surface area contributed by atoms with E-state index in [0.29, 0.717) is 0 Å². The molecule has 0 N–H and O–H groups in total. The molecule has 0 amide bonds. The van der Waals surface area contributed by atoms with Gasteiger partial charge in [0.25, 0.3) is 0 Å². The Morgan fingerprint density at radius 2 is 2.00 bits per heavy atom. The average molecular weight is 200 g/mol. The molecule has 2 aliphatic rings. The van der Waals surface area contributed by atoms with Crippen molar-refractivity contribution >= 4 is 0 Å². The van der Waals surface area contributed by atoms with E-state index in [2.05, 4.69) is 24.6 Å². The molecule has 15 heavy (non-hydrogen) atoms. The van der Waals surface area contributed by atoms with E-state index >= 15 is 0 Å². The zero-order valence-electron chi connectivity index (χ0n) is 7.82. The lowest BCUT2D eigenvalue weighted by molar-refractivity contribution is 0.558. The molecular formula is C10H8N4O. The summed E-state index contributed by atoms with van der Waals surface area (Å²) in [6.07, 6.45) is 7.83. The molecule has 0 fully saturated rings. The Balaban J connectivity index is 0.000000144. The maximum Gasteiger partial charge on any atom is 0.180 e. The van der Waals surface area contributed by atoms with Crippen LogP contribution in [0.5, 0.6) is 0 Å². The minimum Gasteiger partial charge on any atom is -0.452 e. The van der Waals surface area contributed by atoms with E-state index in [1.807, 2.05) is 18.2 Å². The van der Waals surface area contributed by atoms with Crippen LogP contribution in [0.15, 0.2) is 53.9 Å². The monoisotopic (exact) mass is 200 g/mol. The van der Waals surface area contributed by atoms with Gasteiger partial charge in [0.15, 0.2) is 6.39 Å². The Morgan fingerprint density at radius 1 is 1.00 bits per heavy atom. The van der Waals surface area contributed by atoms with Crippen molar-refractivity contribution in [3.05, 3.63) is 49.4 Å². The van der Waals surface area contributed by atoms with Gasteiger partial charge in [0.2, 0.25) is 0 Å². The quantitative estimate of drug-likeness (QED) is 0.552. The van der Waals surface area contributed by atoms with Crippen molar-refractivity contribution in [3.63, 3.8) is 0 Å². The number of oxazole rings is 1. The molecule has 0 spiro atoms. The first-order valence-corrected chi connectivity index (χ1v) is 4.31. The van der Waals surface area contributed by atoms with Crippen LogP contribution in [0.4, 0.5) is 0 Å². The zero-order chi connectivity index (χ0) is 10.3. The second-order valence-corrected chi connectivity index (χ2v) is 2.61. The van der Waals surface area contributed by atoms with Crippen molar-refractivity contribution in [1.82, 2.24) is 20.2 Å². The predicted molar refractivity (Wildman–Crippen MR) is 53.0 cm³/mol. The van der Waals surface area contributed by atoms with Crippen molar-refractivity contribution in [3.8, 4) is 11.4 Å². The lowest BCUT2D eigenvalue weighted by atomic mass is 10.3. The van der Waals surface area contributed by atoms with Crippen LogP contribution in [-0.4, -0.2) is 20.2 Å². The summed E-state index contributed by atoms with van der Waals surface area (Å²) in [7, 11) is 0. The summed E-state index contributed by atoms with van der Waals surface area (Å²) in [6.45, 7) is 0. The van der Waals surface area contributed by atoms with Crippen LogP contribution in [0.2, 0.25) is 0 Å². The molecule has 2 aliphatic heterocycles. The number of aromatic nitrogens is 4. The van der Waals surface area contributed by atoms with Gasteiger partial charge in [-0.3, -0.25) is 4.98 Å². The Bertz CT molecular complexity index is 424. The van der Waals surface area contributed by atoms with Gasteiger partial charge in [-0.2, -0.15) is 5.10 Å². The summed E-state index contributed by atoms with van der Waals surface area (Å²) < 4.78 is 4.47. The van der Waals surface area contributed by atoms with Gasteiger partial charge in [-0.05, 0) is 18.2 Å². The molecule has 3 heterocycles. The third-order valence-corrected chi connectivity index (χ3v) is 1.63. The van der Waals surface area contributed by atoms with Crippen LogP contribution < -0.4 is 0 Å². The number of rotatable bonds is 0. The second kappa shape index (κ2) is 4.80. The summed E-state index contributed by atoms with van der Waals surface area (Å²) >= 11 is 0. The van der Waals surface area contributed by atoms with Crippen molar-refractivity contribution < 1.29 is 4.42 Å². The summed E-state index contributed by atoms with van der Waals surface area (Å²) in [5.41, 5.74) is 1.72. The van der Waals surface area contributed by atoms with Gasteiger partial charge in [0.1, 0.15) is 12.0 Å². The molecule has 0 bridgehead atoms. The number of fused-ring (bicyclic) bond motifs is 1. The molecule has 1 aromatic rings. The fraction of sp³-hybridized carbons (Fsp3) is 0. The Labute approximate surface area is 86.2 Å². The number of hydrogen-bond acceptors (Lipinski definition) is 5. The molecule has 0 atom stereocenters. The normalized spacial score (nSPS) is 9.33. The maximum atomic E-state index is 4.47. The smallest absolute Gasteiger partial charge is 0.180 e. The lowest BCUT2D eigenvalue weighted by Crippen LogP contribution is -1.75. The Hall–Kier alpha value is -2.30. The minimum atomic E-state index is 0.838. The fourth-order valence-electron chi connectivity index (χ4n) is 0.997. The van der Waals surface area contributed by atoms with E-state index < -0.39 is 0 Å². The van der Waals surface area contributed by atoms with E-state index in [4.69, 9.17) is 0 Å². The summed E-state index contributed by atoms with van der Waals surface area (Å²) in [4.78, 5) is 7.61. The van der Waals surface area contributed by atoms with E-state index in [1.54, 1.807) is 18.6 Å². The Morgan fingerprint density at radius 3 is 2.73 bits per heavy atom. The molecule has 5 heteroatoms. The molecule has 0 aromatic carbocycles. The highest BCUT2D eigenvalue weighted by Crippen LogP contribution is 2.12. The summed E-state index contributed by atoms with van der Waals surface area (Å²) in [5.74, 6) is 0. The van der Waals surface area contributed by atoms with Gasteiger partial charge in [-0.1, -0.05) is 0 Å². The van der Waals surface area contributed by atoms with E-state index in [-0.39, 0.29) is 0 Å². The average Bonchev–Trinajstić information content (AvgIpc) is 2.90. The van der Waals surface area contributed by atoms with Crippen molar-refractivity contribution in [2.45, 2.75) is 0 Å². The number of nitrogens with zero attached hydrogens (tertiary/aromatic N) is 4. The van der Waals surface area contributed by atoms with Crippen molar-refractivity contribution in [2.24, 2.45) is 0 Å². The summed E-state index contributed by atoms with van der Waals surface area (Å²) in [6, 6.07) is 5.54. The predicted octanol–water partition coefficient (Wildman–Crippen LogP) is 1.65. The van der Waals surface area contributed by atoms with Crippen LogP contribution in [-0.2, 0) is 0 Å². The lowest BCUT2D eigenvalue weighted by Gasteiger charge is -1.81. The highest BCUT2D eigenvalue weighted by atomic mass is 16.3. The largest absolute Gasteiger partial charge is 0.452 e. The molecule has 0 aliphatic carbocycles. The summed E-state index contributed by atoms with van der Waals surface area (Å²) in [5, 5.41) is 7.65. The van der Waals surface area contributed by atoms with Crippen LogP contribution in [0.25, 0.3) is 11.4 Å². The van der Waals surface area contributed by atoms with E-state index in [0.717, 1.165) is 11.4 Å². The first-order valence-electron chi connectivity index (χ1n) is 4.31. The topological polar surface area (TPSA) is 64.7 Å². The third kappa shape index (κ3) is 2.57. The van der Waals surface area contributed by atoms with Gasteiger partial charge >= 0.3 is 0 Å². The fourth-order valence-corrected chi connectivity index (χ4v) is 0.997. The highest BCUT2D eigenvalue weighted by molar-refractivity contribution is 5.53. The highest BCUT2D eigenvalue weighted by Gasteiger charge is 1.99. The molecule has 0 unspecified atom stereocenters. The first kappa shape index (κ1) is 9.26. The second-order valence-electron chi connectivity index (χ2n) is 2.61. The van der Waals surface area contributed by atoms with Gasteiger partial charge in [-0.15, -0.1) is 5.10 Å². The number of hydrogen-bond donors (Lipinski definition) is 0. The molecule has 0 saturated carbocycles. The van der Waals surface area contributed by atoms with Gasteiger partial charge in [-0.25, -0.2) is 4.98 Å². The first-order chi connectivity index (χ1) is 7.47.